The lowest BCUT2D eigenvalue weighted by Crippen LogP contribution is -2.02. The Bertz CT molecular complexity index is 836. The molecule has 0 unspecified atom stereocenters. The van der Waals surface area contributed by atoms with Crippen molar-refractivity contribution >= 4 is 44.9 Å². The molecule has 0 aliphatic rings. The molecular weight excluding hydrogens is 404 g/mol. The van der Waals surface area contributed by atoms with E-state index in [-0.39, 0.29) is 11.5 Å². The SMILES string of the molecule is Cc1ccc(Sc2ncnc(Nc3ccc(Br)cc3)c2[N+](=O)[O-])cc1. The van der Waals surface area contributed by atoms with Crippen LogP contribution in [0.4, 0.5) is 17.2 Å². The monoisotopic (exact) mass is 416 g/mol. The molecule has 2 aromatic carbocycles. The molecule has 0 fully saturated rings. The van der Waals surface area contributed by atoms with Crippen LogP contribution in [0.15, 0.2) is 69.3 Å². The van der Waals surface area contributed by atoms with Crippen molar-refractivity contribution in [2.24, 2.45) is 0 Å². The highest BCUT2D eigenvalue weighted by Gasteiger charge is 2.23. The molecule has 8 heteroatoms. The number of nitro groups is 1. The van der Waals surface area contributed by atoms with Gasteiger partial charge in [-0.15, -0.1) is 0 Å². The predicted molar refractivity (Wildman–Crippen MR) is 101 cm³/mol. The number of nitrogens with zero attached hydrogens (tertiary/aromatic N) is 3. The van der Waals surface area contributed by atoms with E-state index in [4.69, 9.17) is 0 Å². The van der Waals surface area contributed by atoms with Crippen LogP contribution in [0.2, 0.25) is 0 Å². The van der Waals surface area contributed by atoms with Crippen molar-refractivity contribution in [3.63, 3.8) is 0 Å². The summed E-state index contributed by atoms with van der Waals surface area (Å²) in [5.41, 5.74) is 1.69. The van der Waals surface area contributed by atoms with Gasteiger partial charge in [-0.2, -0.15) is 0 Å². The maximum Gasteiger partial charge on any atom is 0.343 e. The number of hydrogen-bond donors (Lipinski definition) is 1. The zero-order valence-electron chi connectivity index (χ0n) is 13.1. The van der Waals surface area contributed by atoms with Crippen molar-refractivity contribution in [2.45, 2.75) is 16.8 Å². The minimum atomic E-state index is -0.461. The van der Waals surface area contributed by atoms with Gasteiger partial charge in [0.15, 0.2) is 5.03 Å². The zero-order valence-corrected chi connectivity index (χ0v) is 15.5. The van der Waals surface area contributed by atoms with Gasteiger partial charge in [0, 0.05) is 15.1 Å². The third-order valence-electron chi connectivity index (χ3n) is 3.31. The topological polar surface area (TPSA) is 81.0 Å². The standard InChI is InChI=1S/C17H13BrN4O2S/c1-11-2-8-14(9-3-11)25-17-15(22(23)24)16(19-10-20-17)21-13-6-4-12(18)5-7-13/h2-10H,1H3,(H,19,20,21). The maximum absolute atomic E-state index is 11.6. The van der Waals surface area contributed by atoms with E-state index in [9.17, 15) is 10.1 Å². The normalized spacial score (nSPS) is 10.5. The van der Waals surface area contributed by atoms with Gasteiger partial charge in [0.25, 0.3) is 0 Å². The van der Waals surface area contributed by atoms with E-state index in [2.05, 4.69) is 31.2 Å². The molecule has 0 saturated carbocycles. The summed E-state index contributed by atoms with van der Waals surface area (Å²) >= 11 is 4.60. The molecule has 3 aromatic rings. The Labute approximate surface area is 157 Å². The van der Waals surface area contributed by atoms with Gasteiger partial charge >= 0.3 is 5.69 Å². The van der Waals surface area contributed by atoms with Crippen LogP contribution in [-0.2, 0) is 0 Å². The fourth-order valence-corrected chi connectivity index (χ4v) is 3.21. The van der Waals surface area contributed by atoms with Crippen molar-refractivity contribution < 1.29 is 4.92 Å². The molecule has 1 aromatic heterocycles. The molecular formula is C17H13BrN4O2S. The molecule has 6 nitrogen and oxygen atoms in total. The average Bonchev–Trinajstić information content (AvgIpc) is 2.59. The molecule has 0 amide bonds. The minimum Gasteiger partial charge on any atom is -0.334 e. The van der Waals surface area contributed by atoms with Gasteiger partial charge in [0.1, 0.15) is 6.33 Å². The quantitative estimate of drug-likeness (QED) is 0.342. The number of halogens is 1. The van der Waals surface area contributed by atoms with E-state index in [1.807, 2.05) is 55.5 Å². The second-order valence-corrected chi connectivity index (χ2v) is 7.16. The Hall–Kier alpha value is -2.45. The summed E-state index contributed by atoms with van der Waals surface area (Å²) in [7, 11) is 0. The first-order chi connectivity index (χ1) is 12.0. The molecule has 0 atom stereocenters. The van der Waals surface area contributed by atoms with Crippen LogP contribution in [0, 0.1) is 17.0 Å². The van der Waals surface area contributed by atoms with Crippen LogP contribution in [0.1, 0.15) is 5.56 Å². The van der Waals surface area contributed by atoms with Crippen molar-refractivity contribution in [3.8, 4) is 0 Å². The fraction of sp³-hybridized carbons (Fsp3) is 0.0588. The molecule has 0 aliphatic heterocycles. The fourth-order valence-electron chi connectivity index (χ4n) is 2.08. The Morgan fingerprint density at radius 3 is 2.40 bits per heavy atom. The van der Waals surface area contributed by atoms with Crippen molar-refractivity contribution in [2.75, 3.05) is 5.32 Å². The summed E-state index contributed by atoms with van der Waals surface area (Å²) in [4.78, 5) is 20.2. The van der Waals surface area contributed by atoms with Crippen LogP contribution in [0.5, 0.6) is 0 Å². The predicted octanol–water partition coefficient (Wildman–Crippen LogP) is 5.35. The highest BCUT2D eigenvalue weighted by molar-refractivity contribution is 9.10. The lowest BCUT2D eigenvalue weighted by Gasteiger charge is -2.08. The van der Waals surface area contributed by atoms with E-state index in [1.165, 1.54) is 18.1 Å². The summed E-state index contributed by atoms with van der Waals surface area (Å²) in [5.74, 6) is 0.164. The molecule has 1 N–H and O–H groups in total. The molecule has 0 radical (unpaired) electrons. The molecule has 126 valence electrons. The molecule has 1 heterocycles. The first-order valence-corrected chi connectivity index (χ1v) is 8.90. The Kier molecular flexibility index (Phi) is 5.30. The molecule has 3 rings (SSSR count). The lowest BCUT2D eigenvalue weighted by atomic mass is 10.2. The van der Waals surface area contributed by atoms with Gasteiger partial charge < -0.3 is 5.32 Å². The molecule has 25 heavy (non-hydrogen) atoms. The van der Waals surface area contributed by atoms with Gasteiger partial charge in [-0.25, -0.2) is 9.97 Å². The number of nitrogens with one attached hydrogen (secondary N) is 1. The summed E-state index contributed by atoms with van der Waals surface area (Å²) < 4.78 is 0.922. The van der Waals surface area contributed by atoms with E-state index in [1.54, 1.807) is 0 Å². The third-order valence-corrected chi connectivity index (χ3v) is 4.84. The van der Waals surface area contributed by atoms with Crippen molar-refractivity contribution in [1.29, 1.82) is 0 Å². The number of benzene rings is 2. The second-order valence-electron chi connectivity index (χ2n) is 5.18. The summed E-state index contributed by atoms with van der Waals surface area (Å²) in [5, 5.41) is 14.9. The molecule has 0 saturated heterocycles. The number of aryl methyl sites for hydroxylation is 1. The third kappa shape index (κ3) is 4.34. The molecule has 0 bridgehead atoms. The zero-order chi connectivity index (χ0) is 17.8. The summed E-state index contributed by atoms with van der Waals surface area (Å²) in [6.07, 6.45) is 1.32. The van der Waals surface area contributed by atoms with E-state index >= 15 is 0 Å². The Morgan fingerprint density at radius 2 is 1.76 bits per heavy atom. The van der Waals surface area contributed by atoms with Gasteiger partial charge in [-0.3, -0.25) is 10.1 Å². The number of aromatic nitrogens is 2. The molecule has 0 spiro atoms. The van der Waals surface area contributed by atoms with Gasteiger partial charge in [0.2, 0.25) is 5.82 Å². The highest BCUT2D eigenvalue weighted by atomic mass is 79.9. The van der Waals surface area contributed by atoms with E-state index < -0.39 is 4.92 Å². The van der Waals surface area contributed by atoms with E-state index in [0.717, 1.165) is 14.9 Å². The summed E-state index contributed by atoms with van der Waals surface area (Å²) in [6.45, 7) is 1.99. The average molecular weight is 417 g/mol. The van der Waals surface area contributed by atoms with Gasteiger partial charge in [0.05, 0.1) is 4.92 Å². The minimum absolute atomic E-state index is 0.143. The second kappa shape index (κ2) is 7.62. The van der Waals surface area contributed by atoms with Gasteiger partial charge in [-0.05, 0) is 43.3 Å². The highest BCUT2D eigenvalue weighted by Crippen LogP contribution is 2.37. The number of rotatable bonds is 5. The van der Waals surface area contributed by atoms with Crippen LogP contribution in [-0.4, -0.2) is 14.9 Å². The summed E-state index contributed by atoms with van der Waals surface area (Å²) in [6, 6.07) is 15.0. The Balaban J connectivity index is 1.94. The smallest absolute Gasteiger partial charge is 0.334 e. The number of anilines is 2. The number of hydrogen-bond acceptors (Lipinski definition) is 6. The van der Waals surface area contributed by atoms with Crippen LogP contribution in [0.25, 0.3) is 0 Å². The maximum atomic E-state index is 11.6. The van der Waals surface area contributed by atoms with Crippen LogP contribution < -0.4 is 5.32 Å². The first-order valence-electron chi connectivity index (χ1n) is 7.29. The van der Waals surface area contributed by atoms with Crippen molar-refractivity contribution in [1.82, 2.24) is 9.97 Å². The Morgan fingerprint density at radius 1 is 1.08 bits per heavy atom. The van der Waals surface area contributed by atoms with Gasteiger partial charge in [-0.1, -0.05) is 45.4 Å². The van der Waals surface area contributed by atoms with E-state index in [0.29, 0.717) is 10.7 Å². The van der Waals surface area contributed by atoms with Crippen LogP contribution >= 0.6 is 27.7 Å². The first kappa shape index (κ1) is 17.4. The van der Waals surface area contributed by atoms with Crippen LogP contribution in [0.3, 0.4) is 0 Å². The largest absolute Gasteiger partial charge is 0.343 e. The van der Waals surface area contributed by atoms with Crippen molar-refractivity contribution in [3.05, 3.63) is 75.0 Å². The molecule has 0 aliphatic carbocycles. The lowest BCUT2D eigenvalue weighted by molar-refractivity contribution is -0.387.